The highest BCUT2D eigenvalue weighted by molar-refractivity contribution is 14.1. The second-order valence-corrected chi connectivity index (χ2v) is 12.3. The lowest BCUT2D eigenvalue weighted by molar-refractivity contribution is 0.121. The monoisotopic (exact) mass is 581 g/mol. The lowest BCUT2D eigenvalue weighted by Gasteiger charge is -2.40. The smallest absolute Gasteiger partial charge is 0.325 e. The van der Waals surface area contributed by atoms with E-state index in [1.807, 2.05) is 6.92 Å². The van der Waals surface area contributed by atoms with Crippen LogP contribution >= 0.6 is 22.6 Å². The predicted octanol–water partition coefficient (Wildman–Crippen LogP) is 4.10. The van der Waals surface area contributed by atoms with Crippen LogP contribution in [0.25, 0.3) is 0 Å². The van der Waals surface area contributed by atoms with E-state index in [1.54, 1.807) is 37.1 Å². The molecule has 1 aliphatic heterocycles. The minimum Gasteiger partial charge on any atom is -0.325 e. The van der Waals surface area contributed by atoms with Crippen molar-refractivity contribution in [1.29, 1.82) is 0 Å². The average Bonchev–Trinajstić information content (AvgIpc) is 3.12. The third-order valence-corrected chi connectivity index (χ3v) is 9.23. The van der Waals surface area contributed by atoms with Crippen molar-refractivity contribution in [3.63, 3.8) is 0 Å². The van der Waals surface area contributed by atoms with Gasteiger partial charge in [0.25, 0.3) is 0 Å². The maximum Gasteiger partial charge on any atom is 0.339 e. The van der Waals surface area contributed by atoms with E-state index in [0.29, 0.717) is 31.6 Å². The highest BCUT2D eigenvalue weighted by Crippen LogP contribution is 2.40. The lowest BCUT2D eigenvalue weighted by Crippen LogP contribution is -2.48. The summed E-state index contributed by atoms with van der Waals surface area (Å²) in [5, 5.41) is 6.26. The van der Waals surface area contributed by atoms with Gasteiger partial charge in [-0.15, -0.1) is 0 Å². The number of nitrogens with one attached hydrogen (secondary N) is 1. The molecular formula is C20H26F2IN5O3S. The highest BCUT2D eigenvalue weighted by atomic mass is 127. The molecule has 0 aliphatic carbocycles. The number of nitrogens with zero attached hydrogens (tertiary/aromatic N) is 4. The molecule has 0 bridgehead atoms. The van der Waals surface area contributed by atoms with Crippen molar-refractivity contribution < 1.29 is 22.0 Å². The van der Waals surface area contributed by atoms with Crippen LogP contribution in [0.15, 0.2) is 29.4 Å². The van der Waals surface area contributed by atoms with Crippen molar-refractivity contribution in [2.45, 2.75) is 47.3 Å². The van der Waals surface area contributed by atoms with Gasteiger partial charge in [0.05, 0.1) is 16.6 Å². The fourth-order valence-corrected chi connectivity index (χ4v) is 5.98. The molecule has 1 N–H and O–H groups in total. The summed E-state index contributed by atoms with van der Waals surface area (Å²) in [6.45, 7) is 5.84. The number of hydrogen-bond donors (Lipinski definition) is 1. The Balaban J connectivity index is 1.70. The normalized spacial score (nSPS) is 16.3. The minimum absolute atomic E-state index is 0.235. The average molecular weight is 581 g/mol. The maximum absolute atomic E-state index is 13.7. The van der Waals surface area contributed by atoms with Gasteiger partial charge in [-0.3, -0.25) is 9.67 Å². The molecule has 1 aliphatic rings. The van der Waals surface area contributed by atoms with Gasteiger partial charge in [-0.25, -0.2) is 13.2 Å². The number of sulfone groups is 1. The van der Waals surface area contributed by atoms with E-state index in [2.05, 4.69) is 15.4 Å². The summed E-state index contributed by atoms with van der Waals surface area (Å²) in [5.41, 5.74) is 0.840. The Bertz CT molecular complexity index is 1090. The van der Waals surface area contributed by atoms with E-state index in [4.69, 9.17) is 0 Å². The quantitative estimate of drug-likeness (QED) is 0.424. The number of alkyl halides is 3. The van der Waals surface area contributed by atoms with Gasteiger partial charge in [0, 0.05) is 54.5 Å². The topological polar surface area (TPSA) is 97.2 Å². The largest absolute Gasteiger partial charge is 0.339 e. The van der Waals surface area contributed by atoms with E-state index in [-0.39, 0.29) is 17.0 Å². The van der Waals surface area contributed by atoms with Crippen LogP contribution in [0.1, 0.15) is 38.1 Å². The zero-order valence-corrected chi connectivity index (χ0v) is 21.2. The Kier molecular flexibility index (Phi) is 6.85. The van der Waals surface area contributed by atoms with E-state index < -0.39 is 24.2 Å². The molecule has 0 spiro atoms. The second kappa shape index (κ2) is 8.84. The number of hydrogen-bond acceptors (Lipinski definition) is 5. The molecule has 1 saturated heterocycles. The van der Waals surface area contributed by atoms with E-state index in [1.165, 1.54) is 7.05 Å². The lowest BCUT2D eigenvalue weighted by atomic mass is 9.86. The SMILES string of the molecule is Cc1ccc(NC(=O)N2CCC(C(C)(C)S(=O)(=O)c3cc(C(F)(F)I)nn3C)CC2)cn1. The number of amides is 2. The molecule has 0 unspecified atom stereocenters. The van der Waals surface area contributed by atoms with Crippen molar-refractivity contribution in [3.8, 4) is 0 Å². The molecule has 1 fully saturated rings. The molecule has 0 aromatic carbocycles. The van der Waals surface area contributed by atoms with E-state index in [9.17, 15) is 22.0 Å². The molecule has 0 radical (unpaired) electrons. The predicted molar refractivity (Wildman–Crippen MR) is 125 cm³/mol. The number of aryl methyl sites for hydroxylation is 2. The Morgan fingerprint density at radius 1 is 1.25 bits per heavy atom. The van der Waals surface area contributed by atoms with Gasteiger partial charge in [-0.05, 0) is 51.7 Å². The first-order chi connectivity index (χ1) is 14.7. The summed E-state index contributed by atoms with van der Waals surface area (Å²) < 4.78 is 50.6. The number of piperidine rings is 1. The number of carbonyl (C=O) groups is 1. The van der Waals surface area contributed by atoms with Crippen LogP contribution in [0.4, 0.5) is 19.3 Å². The number of likely N-dealkylation sites (tertiary alicyclic amines) is 1. The van der Waals surface area contributed by atoms with Gasteiger partial charge >= 0.3 is 9.96 Å². The van der Waals surface area contributed by atoms with E-state index >= 15 is 0 Å². The molecule has 12 heteroatoms. The molecule has 3 heterocycles. The number of pyridine rings is 1. The van der Waals surface area contributed by atoms with Crippen molar-refractivity contribution in [2.24, 2.45) is 13.0 Å². The number of carbonyl (C=O) groups excluding carboxylic acids is 1. The summed E-state index contributed by atoms with van der Waals surface area (Å²) in [6, 6.07) is 4.24. The number of urea groups is 1. The highest BCUT2D eigenvalue weighted by Gasteiger charge is 2.46. The number of halogens is 3. The molecule has 176 valence electrons. The van der Waals surface area contributed by atoms with Crippen LogP contribution in [0.2, 0.25) is 0 Å². The molecular weight excluding hydrogens is 555 g/mol. The Hall–Kier alpha value is -1.83. The van der Waals surface area contributed by atoms with Crippen LogP contribution in [-0.4, -0.2) is 51.9 Å². The van der Waals surface area contributed by atoms with Crippen LogP contribution < -0.4 is 5.32 Å². The minimum atomic E-state index is -3.96. The van der Waals surface area contributed by atoms with Crippen LogP contribution in [0.3, 0.4) is 0 Å². The van der Waals surface area contributed by atoms with Gasteiger partial charge in [0.1, 0.15) is 5.69 Å². The van der Waals surface area contributed by atoms with Crippen LogP contribution in [0, 0.1) is 12.8 Å². The molecule has 0 saturated carbocycles. The van der Waals surface area contributed by atoms with Crippen molar-refractivity contribution in [1.82, 2.24) is 19.7 Å². The second-order valence-electron chi connectivity index (χ2n) is 8.48. The van der Waals surface area contributed by atoms with Crippen molar-refractivity contribution in [2.75, 3.05) is 18.4 Å². The third kappa shape index (κ3) is 4.90. The van der Waals surface area contributed by atoms with Crippen molar-refractivity contribution >= 4 is 44.1 Å². The third-order valence-electron chi connectivity index (χ3n) is 6.02. The fourth-order valence-electron chi connectivity index (χ4n) is 3.85. The van der Waals surface area contributed by atoms with E-state index in [0.717, 1.165) is 39.0 Å². The zero-order chi connectivity index (χ0) is 23.9. The number of rotatable bonds is 5. The molecule has 2 aromatic heterocycles. The van der Waals surface area contributed by atoms with Crippen LogP contribution in [0.5, 0.6) is 0 Å². The Labute approximate surface area is 199 Å². The summed E-state index contributed by atoms with van der Waals surface area (Å²) in [6.07, 6.45) is 2.52. The van der Waals surface area contributed by atoms with Gasteiger partial charge in [0.15, 0.2) is 5.03 Å². The molecule has 32 heavy (non-hydrogen) atoms. The maximum atomic E-state index is 13.7. The summed E-state index contributed by atoms with van der Waals surface area (Å²) >= 11 is 0.931. The molecule has 8 nitrogen and oxygen atoms in total. The standard InChI is InChI=1S/C20H26F2IN5O3S/c1-13-5-6-15(12-24-13)25-18(29)28-9-7-14(8-10-28)19(2,3)32(30,31)17-11-16(20(21,22)23)26-27(17)4/h5-6,11-12,14H,7-10H2,1-4H3,(H,25,29). The first-order valence-corrected chi connectivity index (χ1v) is 12.6. The summed E-state index contributed by atoms with van der Waals surface area (Å²) in [4.78, 5) is 18.3. The fraction of sp³-hybridized carbons (Fsp3) is 0.550. The van der Waals surface area contributed by atoms with Crippen molar-refractivity contribution in [3.05, 3.63) is 35.8 Å². The Morgan fingerprint density at radius 2 is 1.88 bits per heavy atom. The summed E-state index contributed by atoms with van der Waals surface area (Å²) in [5.74, 6) is -0.254. The van der Waals surface area contributed by atoms with Gasteiger partial charge in [-0.2, -0.15) is 13.9 Å². The summed E-state index contributed by atoms with van der Waals surface area (Å²) in [7, 11) is -2.61. The molecule has 3 rings (SSSR count). The van der Waals surface area contributed by atoms with Gasteiger partial charge < -0.3 is 10.2 Å². The Morgan fingerprint density at radius 3 is 2.38 bits per heavy atom. The number of aromatic nitrogens is 3. The molecule has 0 atom stereocenters. The molecule has 2 amide bonds. The first-order valence-electron chi connectivity index (χ1n) is 10.1. The number of anilines is 1. The van der Waals surface area contributed by atoms with Crippen LogP contribution in [-0.2, 0) is 20.8 Å². The van der Waals surface area contributed by atoms with Gasteiger partial charge in [0.2, 0.25) is 9.84 Å². The zero-order valence-electron chi connectivity index (χ0n) is 18.3. The molecule has 2 aromatic rings. The van der Waals surface area contributed by atoms with Gasteiger partial charge in [-0.1, -0.05) is 0 Å². The first kappa shape index (κ1) is 24.8.